The average Bonchev–Trinajstić information content (AvgIpc) is 2.76. The molecule has 0 aliphatic heterocycles. The average molecular weight is 346 g/mol. The van der Waals surface area contributed by atoms with Crippen molar-refractivity contribution in [3.05, 3.63) is 45.1 Å². The summed E-state index contributed by atoms with van der Waals surface area (Å²) in [4.78, 5) is 0. The predicted molar refractivity (Wildman–Crippen MR) is 78.1 cm³/mol. The van der Waals surface area contributed by atoms with E-state index in [-0.39, 0.29) is 6.04 Å². The van der Waals surface area contributed by atoms with Crippen molar-refractivity contribution in [2.75, 3.05) is 7.11 Å². The molecule has 1 aromatic carbocycles. The molecule has 0 fully saturated rings. The third-order valence-electron chi connectivity index (χ3n) is 2.88. The largest absolute Gasteiger partial charge is 0.493 e. The van der Waals surface area contributed by atoms with Crippen LogP contribution in [-0.4, -0.2) is 16.9 Å². The van der Waals surface area contributed by atoms with Crippen molar-refractivity contribution >= 4 is 27.5 Å². The number of nitrogens with zero attached hydrogens (tertiary/aromatic N) is 2. The first kappa shape index (κ1) is 14.3. The Balaban J connectivity index is 2.56. The Labute approximate surface area is 124 Å². The topological polar surface area (TPSA) is 65.1 Å². The van der Waals surface area contributed by atoms with Crippen LogP contribution in [0.25, 0.3) is 0 Å². The Morgan fingerprint density at radius 3 is 2.89 bits per heavy atom. The van der Waals surface area contributed by atoms with E-state index in [9.17, 15) is 0 Å². The summed E-state index contributed by atoms with van der Waals surface area (Å²) in [7, 11) is 3.42. The molecule has 19 heavy (non-hydrogen) atoms. The third kappa shape index (κ3) is 2.76. The van der Waals surface area contributed by atoms with Crippen LogP contribution in [0.1, 0.15) is 17.3 Å². The standard InChI is InChI=1S/C12H14BrClN4O/c1-18-12(10(19-2)6-16-18)11(17-15)8-5-7(13)3-4-9(8)14/h3-6,11,17H,15H2,1-2H3. The molecule has 1 aromatic heterocycles. The van der Waals surface area contributed by atoms with Crippen LogP contribution >= 0.6 is 27.5 Å². The van der Waals surface area contributed by atoms with Crippen molar-refractivity contribution in [2.24, 2.45) is 12.9 Å². The maximum absolute atomic E-state index is 6.25. The summed E-state index contributed by atoms with van der Waals surface area (Å²) < 4.78 is 7.94. The fourth-order valence-corrected chi connectivity index (χ4v) is 2.57. The molecule has 0 aliphatic carbocycles. The molecular formula is C12H14BrClN4O. The van der Waals surface area contributed by atoms with E-state index in [1.165, 1.54) is 0 Å². The van der Waals surface area contributed by atoms with Gasteiger partial charge in [-0.1, -0.05) is 27.5 Å². The quantitative estimate of drug-likeness (QED) is 0.660. The fraction of sp³-hybridized carbons (Fsp3) is 0.250. The number of rotatable bonds is 4. The molecule has 7 heteroatoms. The van der Waals surface area contributed by atoms with Crippen LogP contribution in [0.4, 0.5) is 0 Å². The van der Waals surface area contributed by atoms with Crippen LogP contribution in [0.15, 0.2) is 28.9 Å². The van der Waals surface area contributed by atoms with E-state index in [0.29, 0.717) is 10.8 Å². The van der Waals surface area contributed by atoms with Crippen LogP contribution in [0.2, 0.25) is 5.02 Å². The highest BCUT2D eigenvalue weighted by molar-refractivity contribution is 9.10. The van der Waals surface area contributed by atoms with Gasteiger partial charge < -0.3 is 4.74 Å². The van der Waals surface area contributed by atoms with Crippen LogP contribution in [0.3, 0.4) is 0 Å². The molecule has 1 heterocycles. The summed E-state index contributed by atoms with van der Waals surface area (Å²) in [6, 6.07) is 5.29. The molecule has 0 aliphatic rings. The van der Waals surface area contributed by atoms with Gasteiger partial charge in [-0.25, -0.2) is 5.43 Å². The molecule has 2 aromatic rings. The fourth-order valence-electron chi connectivity index (χ4n) is 1.97. The van der Waals surface area contributed by atoms with Crippen molar-refractivity contribution in [1.29, 1.82) is 0 Å². The summed E-state index contributed by atoms with van der Waals surface area (Å²) in [5.41, 5.74) is 4.42. The molecule has 0 spiro atoms. The number of benzene rings is 1. The van der Waals surface area contributed by atoms with E-state index in [1.54, 1.807) is 18.0 Å². The van der Waals surface area contributed by atoms with Crippen molar-refractivity contribution in [1.82, 2.24) is 15.2 Å². The molecule has 0 bridgehead atoms. The van der Waals surface area contributed by atoms with Crippen LogP contribution in [0.5, 0.6) is 5.75 Å². The zero-order chi connectivity index (χ0) is 14.0. The lowest BCUT2D eigenvalue weighted by Gasteiger charge is -2.19. The van der Waals surface area contributed by atoms with E-state index < -0.39 is 0 Å². The number of nitrogens with one attached hydrogen (secondary N) is 1. The van der Waals surface area contributed by atoms with E-state index in [2.05, 4.69) is 26.5 Å². The van der Waals surface area contributed by atoms with Crippen LogP contribution < -0.4 is 16.0 Å². The van der Waals surface area contributed by atoms with Gasteiger partial charge in [-0.05, 0) is 23.8 Å². The van der Waals surface area contributed by atoms with Gasteiger partial charge in [0.2, 0.25) is 0 Å². The van der Waals surface area contributed by atoms with Gasteiger partial charge in [0, 0.05) is 16.5 Å². The smallest absolute Gasteiger partial charge is 0.161 e. The van der Waals surface area contributed by atoms with E-state index in [4.69, 9.17) is 22.2 Å². The number of hydrogen-bond donors (Lipinski definition) is 2. The molecule has 0 radical (unpaired) electrons. The summed E-state index contributed by atoms with van der Waals surface area (Å²) in [5.74, 6) is 6.34. The lowest BCUT2D eigenvalue weighted by molar-refractivity contribution is 0.401. The molecule has 0 saturated carbocycles. The maximum atomic E-state index is 6.25. The lowest BCUT2D eigenvalue weighted by Crippen LogP contribution is -2.31. The first-order valence-corrected chi connectivity index (χ1v) is 6.72. The van der Waals surface area contributed by atoms with Gasteiger partial charge in [0.1, 0.15) is 5.69 Å². The van der Waals surface area contributed by atoms with Crippen molar-refractivity contribution < 1.29 is 4.74 Å². The lowest BCUT2D eigenvalue weighted by atomic mass is 10.0. The molecule has 1 atom stereocenters. The summed E-state index contributed by atoms with van der Waals surface area (Å²) in [6.07, 6.45) is 1.64. The molecule has 0 amide bonds. The monoisotopic (exact) mass is 344 g/mol. The number of ether oxygens (including phenoxy) is 1. The third-order valence-corrected chi connectivity index (χ3v) is 3.72. The van der Waals surface area contributed by atoms with Crippen LogP contribution in [-0.2, 0) is 7.05 Å². The first-order chi connectivity index (χ1) is 9.08. The second-order valence-corrected chi connectivity index (χ2v) is 5.31. The number of aryl methyl sites for hydroxylation is 1. The minimum Gasteiger partial charge on any atom is -0.493 e. The minimum absolute atomic E-state index is 0.313. The number of halogens is 2. The van der Waals surface area contributed by atoms with Gasteiger partial charge in [0.05, 0.1) is 19.3 Å². The first-order valence-electron chi connectivity index (χ1n) is 5.55. The van der Waals surface area contributed by atoms with Gasteiger partial charge in [0.25, 0.3) is 0 Å². The zero-order valence-corrected chi connectivity index (χ0v) is 12.9. The Kier molecular flexibility index (Phi) is 4.46. The summed E-state index contributed by atoms with van der Waals surface area (Å²) >= 11 is 9.68. The molecule has 102 valence electrons. The van der Waals surface area contributed by atoms with Crippen LogP contribution in [0, 0.1) is 0 Å². The summed E-state index contributed by atoms with van der Waals surface area (Å²) in [6.45, 7) is 0. The van der Waals surface area contributed by atoms with Gasteiger partial charge in [-0.15, -0.1) is 0 Å². The Morgan fingerprint density at radius 1 is 1.53 bits per heavy atom. The molecule has 0 saturated heterocycles. The van der Waals surface area contributed by atoms with E-state index in [0.717, 1.165) is 15.7 Å². The van der Waals surface area contributed by atoms with Crippen molar-refractivity contribution in [3.63, 3.8) is 0 Å². The highest BCUT2D eigenvalue weighted by atomic mass is 79.9. The Hall–Kier alpha value is -1.08. The number of methoxy groups -OCH3 is 1. The molecule has 5 nitrogen and oxygen atoms in total. The molecule has 1 unspecified atom stereocenters. The second-order valence-electron chi connectivity index (χ2n) is 3.99. The van der Waals surface area contributed by atoms with E-state index >= 15 is 0 Å². The number of hydrogen-bond acceptors (Lipinski definition) is 4. The number of nitrogens with two attached hydrogens (primary N) is 1. The maximum Gasteiger partial charge on any atom is 0.161 e. The summed E-state index contributed by atoms with van der Waals surface area (Å²) in [5, 5.41) is 4.79. The minimum atomic E-state index is -0.313. The molecule has 3 N–H and O–H groups in total. The number of aromatic nitrogens is 2. The van der Waals surface area contributed by atoms with Gasteiger partial charge in [-0.3, -0.25) is 10.5 Å². The highest BCUT2D eigenvalue weighted by Gasteiger charge is 2.23. The van der Waals surface area contributed by atoms with E-state index in [1.807, 2.05) is 25.2 Å². The Morgan fingerprint density at radius 2 is 2.26 bits per heavy atom. The Bertz CT molecular complexity index is 587. The van der Waals surface area contributed by atoms with Crippen molar-refractivity contribution in [2.45, 2.75) is 6.04 Å². The SMILES string of the molecule is COc1cnn(C)c1C(NN)c1cc(Br)ccc1Cl. The predicted octanol–water partition coefficient (Wildman–Crippen LogP) is 2.40. The molecular weight excluding hydrogens is 332 g/mol. The zero-order valence-electron chi connectivity index (χ0n) is 10.5. The van der Waals surface area contributed by atoms with Gasteiger partial charge >= 0.3 is 0 Å². The van der Waals surface area contributed by atoms with Gasteiger partial charge in [-0.2, -0.15) is 5.10 Å². The molecule has 2 rings (SSSR count). The normalized spacial score (nSPS) is 12.5. The second kappa shape index (κ2) is 5.92. The van der Waals surface area contributed by atoms with Crippen molar-refractivity contribution in [3.8, 4) is 5.75 Å². The number of hydrazine groups is 1. The highest BCUT2D eigenvalue weighted by Crippen LogP contribution is 2.34. The van der Waals surface area contributed by atoms with Gasteiger partial charge in [0.15, 0.2) is 5.75 Å².